The maximum absolute atomic E-state index is 14.0. The second-order valence-electron chi connectivity index (χ2n) is 6.65. The Morgan fingerprint density at radius 1 is 1.38 bits per heavy atom. The van der Waals surface area contributed by atoms with Crippen molar-refractivity contribution < 1.29 is 9.18 Å². The van der Waals surface area contributed by atoms with Crippen LogP contribution >= 0.6 is 34.7 Å². The van der Waals surface area contributed by atoms with Gasteiger partial charge in [-0.2, -0.15) is 0 Å². The zero-order valence-electron chi connectivity index (χ0n) is 16.6. The Morgan fingerprint density at radius 3 is 2.76 bits per heavy atom. The van der Waals surface area contributed by atoms with E-state index in [-0.39, 0.29) is 34.4 Å². The number of thioether (sulfide) groups is 1. The van der Waals surface area contributed by atoms with E-state index in [1.54, 1.807) is 17.7 Å². The Balaban J connectivity index is 1.79. The number of halogens is 2. The van der Waals surface area contributed by atoms with Gasteiger partial charge in [-0.1, -0.05) is 29.4 Å². The van der Waals surface area contributed by atoms with Crippen molar-refractivity contribution in [2.24, 2.45) is 0 Å². The molecular formula is C20H21ClFN3O2S2. The molecule has 0 bridgehead atoms. The van der Waals surface area contributed by atoms with Gasteiger partial charge in [-0.25, -0.2) is 9.37 Å². The van der Waals surface area contributed by atoms with E-state index >= 15 is 0 Å². The molecule has 5 nitrogen and oxygen atoms in total. The second-order valence-corrected chi connectivity index (χ2v) is 9.20. The lowest BCUT2D eigenvalue weighted by Crippen LogP contribution is -2.29. The highest BCUT2D eigenvalue weighted by molar-refractivity contribution is 7.99. The summed E-state index contributed by atoms with van der Waals surface area (Å²) in [6.45, 7) is 6.31. The number of nitrogens with zero attached hydrogens (tertiary/aromatic N) is 3. The molecule has 0 aliphatic heterocycles. The number of hydrogen-bond donors (Lipinski definition) is 0. The first-order valence-corrected chi connectivity index (χ1v) is 11.2. The highest BCUT2D eigenvalue weighted by Gasteiger charge is 2.19. The Kier molecular flexibility index (Phi) is 6.65. The number of carbonyl (C=O) groups is 1. The predicted molar refractivity (Wildman–Crippen MR) is 118 cm³/mol. The maximum Gasteiger partial charge on any atom is 0.263 e. The molecule has 9 heteroatoms. The average Bonchev–Trinajstić information content (AvgIpc) is 2.96. The lowest BCUT2D eigenvalue weighted by atomic mass is 10.2. The number of rotatable bonds is 6. The summed E-state index contributed by atoms with van der Waals surface area (Å²) in [4.78, 5) is 33.2. The van der Waals surface area contributed by atoms with E-state index in [1.165, 1.54) is 40.1 Å². The van der Waals surface area contributed by atoms with Gasteiger partial charge in [0.05, 0.1) is 11.1 Å². The monoisotopic (exact) mass is 453 g/mol. The first-order valence-electron chi connectivity index (χ1n) is 9.04. The van der Waals surface area contributed by atoms with E-state index in [9.17, 15) is 14.0 Å². The lowest BCUT2D eigenvalue weighted by Gasteiger charge is -2.18. The molecule has 0 fully saturated rings. The molecule has 2 heterocycles. The van der Waals surface area contributed by atoms with Crippen LogP contribution in [-0.2, 0) is 17.9 Å². The molecule has 0 spiro atoms. The third-order valence-corrected chi connectivity index (χ3v) is 7.19. The van der Waals surface area contributed by atoms with Gasteiger partial charge in [0.1, 0.15) is 10.6 Å². The highest BCUT2D eigenvalue weighted by Crippen LogP contribution is 2.28. The minimum absolute atomic E-state index is 0.0707. The Labute approximate surface area is 181 Å². The summed E-state index contributed by atoms with van der Waals surface area (Å²) in [5.74, 6) is -0.561. The smallest absolute Gasteiger partial charge is 0.263 e. The Morgan fingerprint density at radius 2 is 2.10 bits per heavy atom. The molecule has 1 aromatic carbocycles. The summed E-state index contributed by atoms with van der Waals surface area (Å²) in [5, 5.41) is 1.45. The van der Waals surface area contributed by atoms with Gasteiger partial charge >= 0.3 is 0 Å². The topological polar surface area (TPSA) is 55.2 Å². The molecule has 0 aliphatic rings. The standard InChI is InChI=1S/C20H21ClFN3O2S2/c1-5-25-19(27)17-11(2)12(3)29-18(17)23-20(25)28-10-16(26)24(4)9-13-14(21)7-6-8-15(13)22/h6-8H,5,9-10H2,1-4H3. The van der Waals surface area contributed by atoms with Gasteiger partial charge in [0, 0.05) is 35.6 Å². The number of thiophene rings is 1. The third kappa shape index (κ3) is 4.34. The Hall–Kier alpha value is -1.90. The Bertz CT molecular complexity index is 1120. The molecule has 3 aromatic rings. The number of aromatic nitrogens is 2. The first kappa shape index (κ1) is 21.8. The van der Waals surface area contributed by atoms with Gasteiger partial charge < -0.3 is 4.90 Å². The molecule has 0 atom stereocenters. The van der Waals surface area contributed by atoms with Crippen LogP contribution in [-0.4, -0.2) is 33.2 Å². The van der Waals surface area contributed by atoms with Crippen LogP contribution in [0, 0.1) is 19.7 Å². The molecular weight excluding hydrogens is 433 g/mol. The maximum atomic E-state index is 14.0. The van der Waals surface area contributed by atoms with Crippen molar-refractivity contribution in [2.75, 3.05) is 12.8 Å². The minimum atomic E-state index is -0.444. The fraction of sp³-hybridized carbons (Fsp3) is 0.350. The first-order chi connectivity index (χ1) is 13.7. The van der Waals surface area contributed by atoms with Crippen LogP contribution in [0.3, 0.4) is 0 Å². The van der Waals surface area contributed by atoms with Crippen LogP contribution in [0.2, 0.25) is 5.02 Å². The number of carbonyl (C=O) groups excluding carboxylic acids is 1. The van der Waals surface area contributed by atoms with E-state index in [4.69, 9.17) is 11.6 Å². The van der Waals surface area contributed by atoms with Crippen LogP contribution in [0.5, 0.6) is 0 Å². The van der Waals surface area contributed by atoms with Crippen molar-refractivity contribution in [1.82, 2.24) is 14.5 Å². The van der Waals surface area contributed by atoms with Crippen LogP contribution in [0.4, 0.5) is 4.39 Å². The van der Waals surface area contributed by atoms with Gasteiger partial charge in [-0.05, 0) is 38.5 Å². The number of benzene rings is 1. The zero-order valence-corrected chi connectivity index (χ0v) is 19.0. The van der Waals surface area contributed by atoms with E-state index in [2.05, 4.69) is 4.98 Å². The van der Waals surface area contributed by atoms with E-state index < -0.39 is 5.82 Å². The van der Waals surface area contributed by atoms with Crippen molar-refractivity contribution in [3.63, 3.8) is 0 Å². The third-order valence-electron chi connectivity index (χ3n) is 4.78. The molecule has 1 amide bonds. The largest absolute Gasteiger partial charge is 0.341 e. The molecule has 3 rings (SSSR count). The van der Waals surface area contributed by atoms with Gasteiger partial charge in [0.25, 0.3) is 5.56 Å². The van der Waals surface area contributed by atoms with Crippen LogP contribution in [0.15, 0.2) is 28.2 Å². The molecule has 0 N–H and O–H groups in total. The molecule has 0 radical (unpaired) electrons. The van der Waals surface area contributed by atoms with Crippen molar-refractivity contribution in [2.45, 2.75) is 39.0 Å². The predicted octanol–water partition coefficient (Wildman–Crippen LogP) is 4.64. The summed E-state index contributed by atoms with van der Waals surface area (Å²) in [7, 11) is 1.60. The summed E-state index contributed by atoms with van der Waals surface area (Å²) >= 11 is 8.74. The van der Waals surface area contributed by atoms with E-state index in [0.29, 0.717) is 21.9 Å². The fourth-order valence-corrected chi connectivity index (χ4v) is 5.24. The molecule has 0 saturated heterocycles. The summed E-state index contributed by atoms with van der Waals surface area (Å²) in [5.41, 5.74) is 1.16. The van der Waals surface area contributed by atoms with Gasteiger partial charge in [-0.15, -0.1) is 11.3 Å². The number of aryl methyl sites for hydroxylation is 2. The fourth-order valence-electron chi connectivity index (χ4n) is 2.94. The van der Waals surface area contributed by atoms with Crippen molar-refractivity contribution in [3.8, 4) is 0 Å². The van der Waals surface area contributed by atoms with Crippen molar-refractivity contribution >= 4 is 50.8 Å². The second kappa shape index (κ2) is 8.85. The summed E-state index contributed by atoms with van der Waals surface area (Å²) in [6.07, 6.45) is 0. The quantitative estimate of drug-likeness (QED) is 0.403. The minimum Gasteiger partial charge on any atom is -0.341 e. The summed E-state index contributed by atoms with van der Waals surface area (Å²) < 4.78 is 15.6. The molecule has 154 valence electrons. The van der Waals surface area contributed by atoms with Crippen molar-refractivity contribution in [1.29, 1.82) is 0 Å². The lowest BCUT2D eigenvalue weighted by molar-refractivity contribution is -0.127. The van der Waals surface area contributed by atoms with E-state index in [0.717, 1.165) is 10.4 Å². The van der Waals surface area contributed by atoms with Gasteiger partial charge in [0.2, 0.25) is 5.91 Å². The normalized spacial score (nSPS) is 11.2. The van der Waals surface area contributed by atoms with Crippen LogP contribution in [0.25, 0.3) is 10.2 Å². The summed E-state index contributed by atoms with van der Waals surface area (Å²) in [6, 6.07) is 4.44. The molecule has 29 heavy (non-hydrogen) atoms. The highest BCUT2D eigenvalue weighted by atomic mass is 35.5. The molecule has 2 aromatic heterocycles. The van der Waals surface area contributed by atoms with Gasteiger partial charge in [-0.3, -0.25) is 14.2 Å². The number of fused-ring (bicyclic) bond motifs is 1. The molecule has 0 unspecified atom stereocenters. The number of amides is 1. The molecule has 0 aliphatic carbocycles. The van der Waals surface area contributed by atoms with Crippen LogP contribution < -0.4 is 5.56 Å². The van der Waals surface area contributed by atoms with Crippen molar-refractivity contribution in [3.05, 3.63) is 55.4 Å². The SMILES string of the molecule is CCn1c(SCC(=O)N(C)Cc2c(F)cccc2Cl)nc2sc(C)c(C)c2c1=O. The zero-order chi connectivity index (χ0) is 21.3. The van der Waals surface area contributed by atoms with Gasteiger partial charge in [0.15, 0.2) is 5.16 Å². The molecule has 0 saturated carbocycles. The average molecular weight is 454 g/mol. The number of hydrogen-bond acceptors (Lipinski definition) is 5. The van der Waals surface area contributed by atoms with Crippen LogP contribution in [0.1, 0.15) is 22.9 Å². The van der Waals surface area contributed by atoms with E-state index in [1.807, 2.05) is 20.8 Å².